The smallest absolute Gasteiger partial charge is 0.269 e. The number of ketones is 1. The number of anilines is 1. The summed E-state index contributed by atoms with van der Waals surface area (Å²) in [6.07, 6.45) is 0. The lowest BCUT2D eigenvalue weighted by molar-refractivity contribution is -0.384. The van der Waals surface area contributed by atoms with Crippen LogP contribution in [0.1, 0.15) is 21.5 Å². The van der Waals surface area contributed by atoms with Crippen LogP contribution in [0.2, 0.25) is 0 Å². The van der Waals surface area contributed by atoms with Crippen LogP contribution in [-0.2, 0) is 0 Å². The average molecular weight is 373 g/mol. The highest BCUT2D eigenvalue weighted by Gasteiger charge is 2.20. The Morgan fingerprint density at radius 1 is 1.07 bits per heavy atom. The number of nitro benzene ring substituents is 1. The molecule has 0 heterocycles. The minimum atomic E-state index is -0.499. The molecule has 3 rings (SSSR count). The number of carbonyl (C=O) groups is 1. The van der Waals surface area contributed by atoms with E-state index in [2.05, 4.69) is 10.0 Å². The van der Waals surface area contributed by atoms with Gasteiger partial charge in [-0.15, -0.1) is 0 Å². The van der Waals surface area contributed by atoms with Gasteiger partial charge in [0.2, 0.25) is 0 Å². The molecule has 138 valence electrons. The van der Waals surface area contributed by atoms with Crippen molar-refractivity contribution in [1.29, 1.82) is 0 Å². The number of azide groups is 1. The Kier molecular flexibility index (Phi) is 5.06. The lowest BCUT2D eigenvalue weighted by Gasteiger charge is -2.14. The third kappa shape index (κ3) is 3.53. The number of hydrogen-bond acceptors (Lipinski definition) is 5. The van der Waals surface area contributed by atoms with Crippen LogP contribution in [0, 0.1) is 17.0 Å². The maximum atomic E-state index is 13.2. The second-order valence-electron chi connectivity index (χ2n) is 6.11. The first-order valence-electron chi connectivity index (χ1n) is 8.26. The summed E-state index contributed by atoms with van der Waals surface area (Å²) in [5, 5.41) is 14.4. The zero-order chi connectivity index (χ0) is 20.3. The highest BCUT2D eigenvalue weighted by molar-refractivity contribution is 6.17. The third-order valence-corrected chi connectivity index (χ3v) is 4.30. The maximum Gasteiger partial charge on any atom is 0.269 e. The van der Waals surface area contributed by atoms with Gasteiger partial charge < -0.3 is 5.73 Å². The molecule has 0 amide bonds. The van der Waals surface area contributed by atoms with E-state index in [-0.39, 0.29) is 28.4 Å². The van der Waals surface area contributed by atoms with Gasteiger partial charge in [0.1, 0.15) is 0 Å². The largest absolute Gasteiger partial charge is 0.398 e. The molecule has 0 fully saturated rings. The van der Waals surface area contributed by atoms with Gasteiger partial charge >= 0.3 is 0 Å². The van der Waals surface area contributed by atoms with Gasteiger partial charge in [0, 0.05) is 22.6 Å². The first-order valence-corrected chi connectivity index (χ1v) is 8.26. The van der Waals surface area contributed by atoms with Crippen LogP contribution >= 0.6 is 0 Å². The van der Waals surface area contributed by atoms with E-state index < -0.39 is 4.92 Å². The predicted octanol–water partition coefficient (Wildman–Crippen LogP) is 5.33. The number of nitrogen functional groups attached to an aromatic ring is 1. The minimum absolute atomic E-state index is 0.0548. The molecule has 0 atom stereocenters. The van der Waals surface area contributed by atoms with Gasteiger partial charge in [-0.1, -0.05) is 41.0 Å². The summed E-state index contributed by atoms with van der Waals surface area (Å²) in [4.78, 5) is 26.3. The molecule has 3 aromatic carbocycles. The second-order valence-corrected chi connectivity index (χ2v) is 6.11. The zero-order valence-corrected chi connectivity index (χ0v) is 14.9. The number of carbonyl (C=O) groups excluding carboxylic acids is 1. The Morgan fingerprint density at radius 2 is 1.71 bits per heavy atom. The molecule has 0 aliphatic rings. The molecule has 0 aliphatic carbocycles. The second kappa shape index (κ2) is 7.61. The fourth-order valence-corrected chi connectivity index (χ4v) is 2.84. The van der Waals surface area contributed by atoms with E-state index in [1.165, 1.54) is 18.2 Å². The van der Waals surface area contributed by atoms with Crippen LogP contribution in [0.25, 0.3) is 21.6 Å². The van der Waals surface area contributed by atoms with Crippen molar-refractivity contribution in [2.45, 2.75) is 6.92 Å². The molecule has 2 N–H and O–H groups in total. The van der Waals surface area contributed by atoms with E-state index in [0.717, 1.165) is 5.56 Å². The monoisotopic (exact) mass is 373 g/mol. The molecule has 0 bridgehead atoms. The molecule has 8 heteroatoms. The van der Waals surface area contributed by atoms with E-state index in [0.29, 0.717) is 16.7 Å². The lowest BCUT2D eigenvalue weighted by Crippen LogP contribution is -2.08. The number of hydrogen-bond donors (Lipinski definition) is 1. The Morgan fingerprint density at radius 3 is 2.29 bits per heavy atom. The summed E-state index contributed by atoms with van der Waals surface area (Å²) >= 11 is 0. The summed E-state index contributed by atoms with van der Waals surface area (Å²) in [6.45, 7) is 1.91. The van der Waals surface area contributed by atoms with E-state index >= 15 is 0 Å². The van der Waals surface area contributed by atoms with Crippen molar-refractivity contribution in [3.05, 3.63) is 97.9 Å². The predicted molar refractivity (Wildman–Crippen MR) is 106 cm³/mol. The maximum absolute atomic E-state index is 13.2. The van der Waals surface area contributed by atoms with Crippen molar-refractivity contribution in [3.63, 3.8) is 0 Å². The van der Waals surface area contributed by atoms with Crippen molar-refractivity contribution >= 4 is 22.8 Å². The molecular weight excluding hydrogens is 358 g/mol. The molecule has 28 heavy (non-hydrogen) atoms. The lowest BCUT2D eigenvalue weighted by atomic mass is 9.91. The summed E-state index contributed by atoms with van der Waals surface area (Å²) in [5.41, 5.74) is 17.7. The normalized spacial score (nSPS) is 10.2. The van der Waals surface area contributed by atoms with Crippen LogP contribution in [0.3, 0.4) is 0 Å². The van der Waals surface area contributed by atoms with Gasteiger partial charge in [0.25, 0.3) is 5.69 Å². The van der Waals surface area contributed by atoms with E-state index in [1.807, 2.05) is 19.1 Å². The molecule has 8 nitrogen and oxygen atoms in total. The number of non-ortho nitro benzene ring substituents is 1. The number of nitro groups is 1. The van der Waals surface area contributed by atoms with Crippen LogP contribution in [0.4, 0.5) is 17.1 Å². The van der Waals surface area contributed by atoms with Crippen molar-refractivity contribution in [3.8, 4) is 11.1 Å². The van der Waals surface area contributed by atoms with Crippen LogP contribution < -0.4 is 5.73 Å². The molecule has 0 saturated heterocycles. The first kappa shape index (κ1) is 18.6. The van der Waals surface area contributed by atoms with Gasteiger partial charge in [-0.2, -0.15) is 0 Å². The summed E-state index contributed by atoms with van der Waals surface area (Å²) in [7, 11) is 0. The number of nitrogens with zero attached hydrogens (tertiary/aromatic N) is 4. The van der Waals surface area contributed by atoms with Crippen molar-refractivity contribution in [1.82, 2.24) is 0 Å². The van der Waals surface area contributed by atoms with Crippen LogP contribution in [0.5, 0.6) is 0 Å². The summed E-state index contributed by atoms with van der Waals surface area (Å²) < 4.78 is 0. The number of nitrogens with two attached hydrogens (primary N) is 1. The quantitative estimate of drug-likeness (QED) is 0.123. The molecule has 0 aliphatic heterocycles. The van der Waals surface area contributed by atoms with Gasteiger partial charge in [0.05, 0.1) is 21.9 Å². The van der Waals surface area contributed by atoms with Crippen LogP contribution in [-0.4, -0.2) is 10.7 Å². The molecule has 3 aromatic rings. The molecule has 0 aromatic heterocycles. The van der Waals surface area contributed by atoms with Gasteiger partial charge in [0.15, 0.2) is 5.78 Å². The van der Waals surface area contributed by atoms with Crippen LogP contribution in [0.15, 0.2) is 65.8 Å². The van der Waals surface area contributed by atoms with E-state index in [4.69, 9.17) is 11.3 Å². The topological polar surface area (TPSA) is 135 Å². The Labute approximate surface area is 160 Å². The van der Waals surface area contributed by atoms with Crippen molar-refractivity contribution < 1.29 is 9.72 Å². The summed E-state index contributed by atoms with van der Waals surface area (Å²) in [5.74, 6) is -0.333. The first-order chi connectivity index (χ1) is 13.4. The molecular formula is C20H15N5O3. The highest BCUT2D eigenvalue weighted by atomic mass is 16.6. The van der Waals surface area contributed by atoms with Crippen molar-refractivity contribution in [2.24, 2.45) is 5.11 Å². The van der Waals surface area contributed by atoms with Gasteiger partial charge in [-0.25, -0.2) is 0 Å². The number of rotatable bonds is 5. The Hall–Kier alpha value is -4.16. The number of benzene rings is 3. The Balaban J connectivity index is 2.21. The minimum Gasteiger partial charge on any atom is -0.398 e. The standard InChI is InChI=1S/C20H15N5O3/c1-12-2-4-14(5-3-12)20(26)18-16(10-11-17(19(18)21)23-24-22)13-6-8-15(9-7-13)25(27)28/h2-11H,21H2,1H3. The molecule has 0 spiro atoms. The number of aryl methyl sites for hydroxylation is 1. The fourth-order valence-electron chi connectivity index (χ4n) is 2.84. The van der Waals surface area contributed by atoms with E-state index in [9.17, 15) is 14.9 Å². The Bertz CT molecular complexity index is 1120. The molecule has 0 unspecified atom stereocenters. The highest BCUT2D eigenvalue weighted by Crippen LogP contribution is 2.36. The zero-order valence-electron chi connectivity index (χ0n) is 14.9. The summed E-state index contributed by atoms with van der Waals surface area (Å²) in [6, 6.07) is 15.9. The molecule has 0 saturated carbocycles. The fraction of sp³-hybridized carbons (Fsp3) is 0.0500. The van der Waals surface area contributed by atoms with E-state index in [1.54, 1.807) is 30.3 Å². The van der Waals surface area contributed by atoms with Gasteiger partial charge in [-0.05, 0) is 41.8 Å². The third-order valence-electron chi connectivity index (χ3n) is 4.30. The average Bonchev–Trinajstić information content (AvgIpc) is 2.69. The molecule has 0 radical (unpaired) electrons. The van der Waals surface area contributed by atoms with Crippen molar-refractivity contribution in [2.75, 3.05) is 5.73 Å². The van der Waals surface area contributed by atoms with Gasteiger partial charge in [-0.3, -0.25) is 14.9 Å². The SMILES string of the molecule is Cc1ccc(C(=O)c2c(-c3ccc([N+](=O)[O-])cc3)ccc(N=[N+]=[N-])c2N)cc1.